The first-order valence-electron chi connectivity index (χ1n) is 7.95. The van der Waals surface area contributed by atoms with Crippen molar-refractivity contribution in [1.29, 1.82) is 0 Å². The Bertz CT molecular complexity index is 1130. The van der Waals surface area contributed by atoms with Crippen molar-refractivity contribution in [2.45, 2.75) is 7.43 Å². The van der Waals surface area contributed by atoms with Gasteiger partial charge in [0.25, 0.3) is 0 Å². The predicted octanol–water partition coefficient (Wildman–Crippen LogP) is 4.79. The fraction of sp³-hybridized carbons (Fsp3) is 0.150. The number of rotatable bonds is 2. The number of halogens is 4. The standard InChI is InChI=1S/C10H8F2N2.C9H6F2N2O.CH4/c1-3-6-7(11)4-8-10(9(6)12)13-5-14(8)2;1-13-4-12-9-7(13)2-6(10)5(3-14)8(9)11;/h3-5H,1H2,2H3;2-4H,1H3;1H4. The van der Waals surface area contributed by atoms with E-state index in [9.17, 15) is 22.4 Å². The smallest absolute Gasteiger partial charge is 0.164 e. The molecule has 0 amide bonds. The Morgan fingerprint density at radius 1 is 0.862 bits per heavy atom. The van der Waals surface area contributed by atoms with Gasteiger partial charge in [0.2, 0.25) is 0 Å². The molecule has 5 nitrogen and oxygen atoms in total. The maximum atomic E-state index is 13.6. The van der Waals surface area contributed by atoms with Crippen molar-refractivity contribution in [3.63, 3.8) is 0 Å². The lowest BCUT2D eigenvalue weighted by atomic mass is 10.1. The Balaban J connectivity index is 0.000000200. The van der Waals surface area contributed by atoms with Crippen molar-refractivity contribution in [2.75, 3.05) is 0 Å². The fourth-order valence-electron chi connectivity index (χ4n) is 2.71. The Hall–Kier alpha value is -3.49. The number of carbonyl (C=O) groups is 1. The second-order valence-electron chi connectivity index (χ2n) is 5.94. The second kappa shape index (κ2) is 8.26. The molecule has 0 saturated carbocycles. The highest BCUT2D eigenvalue weighted by molar-refractivity contribution is 5.86. The number of aromatic nitrogens is 4. The molecule has 152 valence electrons. The lowest BCUT2D eigenvalue weighted by Crippen LogP contribution is -1.96. The van der Waals surface area contributed by atoms with Crippen LogP contribution in [0.3, 0.4) is 0 Å². The van der Waals surface area contributed by atoms with Crippen molar-refractivity contribution >= 4 is 34.4 Å². The molecule has 0 spiro atoms. The van der Waals surface area contributed by atoms with E-state index in [1.54, 1.807) is 18.7 Å². The van der Waals surface area contributed by atoms with Crippen LogP contribution in [-0.4, -0.2) is 25.4 Å². The quantitative estimate of drug-likeness (QED) is 0.355. The first-order chi connectivity index (χ1) is 13.3. The first kappa shape index (κ1) is 21.8. The summed E-state index contributed by atoms with van der Waals surface area (Å²) in [6.07, 6.45) is 4.11. The summed E-state index contributed by atoms with van der Waals surface area (Å²) in [4.78, 5) is 18.0. The zero-order valence-electron chi connectivity index (χ0n) is 14.9. The molecule has 0 radical (unpaired) electrons. The highest BCUT2D eigenvalue weighted by Crippen LogP contribution is 2.23. The van der Waals surface area contributed by atoms with Gasteiger partial charge in [-0.05, 0) is 0 Å². The highest BCUT2D eigenvalue weighted by atomic mass is 19.1. The predicted molar refractivity (Wildman–Crippen MR) is 103 cm³/mol. The number of nitrogens with zero attached hydrogens (tertiary/aromatic N) is 4. The van der Waals surface area contributed by atoms with E-state index < -0.39 is 28.8 Å². The number of fused-ring (bicyclic) bond motifs is 2. The van der Waals surface area contributed by atoms with Crippen molar-refractivity contribution in [2.24, 2.45) is 14.1 Å². The van der Waals surface area contributed by atoms with E-state index in [2.05, 4.69) is 16.5 Å². The number of hydrogen-bond donors (Lipinski definition) is 0. The average molecular weight is 406 g/mol. The number of carbonyl (C=O) groups excluding carboxylic acids is 1. The number of aryl methyl sites for hydroxylation is 2. The highest BCUT2D eigenvalue weighted by Gasteiger charge is 2.16. The topological polar surface area (TPSA) is 52.7 Å². The molecule has 0 bridgehead atoms. The van der Waals surface area contributed by atoms with Crippen LogP contribution in [0.4, 0.5) is 17.6 Å². The van der Waals surface area contributed by atoms with Crippen LogP contribution in [0.5, 0.6) is 0 Å². The Morgan fingerprint density at radius 3 is 1.69 bits per heavy atom. The molecule has 0 aliphatic rings. The lowest BCUT2D eigenvalue weighted by molar-refractivity contribution is 0.111. The number of imidazole rings is 2. The van der Waals surface area contributed by atoms with Gasteiger partial charge in [-0.15, -0.1) is 0 Å². The molecule has 0 atom stereocenters. The molecule has 2 aromatic heterocycles. The van der Waals surface area contributed by atoms with Gasteiger partial charge in [-0.1, -0.05) is 20.1 Å². The largest absolute Gasteiger partial charge is 0.334 e. The van der Waals surface area contributed by atoms with E-state index in [0.29, 0.717) is 11.0 Å². The van der Waals surface area contributed by atoms with Gasteiger partial charge in [-0.25, -0.2) is 27.5 Å². The average Bonchev–Trinajstić information content (AvgIpc) is 3.20. The van der Waals surface area contributed by atoms with E-state index in [-0.39, 0.29) is 30.3 Å². The van der Waals surface area contributed by atoms with Crippen LogP contribution < -0.4 is 0 Å². The molecule has 0 aliphatic carbocycles. The van der Waals surface area contributed by atoms with Crippen molar-refractivity contribution in [3.8, 4) is 0 Å². The summed E-state index contributed by atoms with van der Waals surface area (Å²) < 4.78 is 56.4. The van der Waals surface area contributed by atoms with E-state index in [1.807, 2.05) is 0 Å². The molecule has 0 fully saturated rings. The Morgan fingerprint density at radius 2 is 1.28 bits per heavy atom. The summed E-state index contributed by atoms with van der Waals surface area (Å²) >= 11 is 0. The molecule has 4 rings (SSSR count). The molecule has 9 heteroatoms. The van der Waals surface area contributed by atoms with Gasteiger partial charge >= 0.3 is 0 Å². The summed E-state index contributed by atoms with van der Waals surface area (Å²) in [6.45, 7) is 3.35. The number of benzene rings is 2. The van der Waals surface area contributed by atoms with Crippen LogP contribution in [-0.2, 0) is 14.1 Å². The van der Waals surface area contributed by atoms with Crippen molar-refractivity contribution in [3.05, 3.63) is 65.8 Å². The minimum Gasteiger partial charge on any atom is -0.334 e. The molecule has 2 heterocycles. The van der Waals surface area contributed by atoms with Gasteiger partial charge in [0.15, 0.2) is 17.9 Å². The Kier molecular flexibility index (Phi) is 6.21. The van der Waals surface area contributed by atoms with Crippen LogP contribution in [0, 0.1) is 23.3 Å². The normalized spacial score (nSPS) is 10.4. The fourth-order valence-corrected chi connectivity index (χ4v) is 2.71. The molecule has 2 aromatic carbocycles. The van der Waals surface area contributed by atoms with E-state index in [4.69, 9.17) is 0 Å². The SMILES string of the molecule is C.C=Cc1c(F)cc2c(ncn2C)c1F.Cn1cnc2c(F)c(C=O)c(F)cc21. The van der Waals surface area contributed by atoms with Gasteiger partial charge in [-0.2, -0.15) is 0 Å². The van der Waals surface area contributed by atoms with E-state index in [0.717, 1.165) is 12.1 Å². The third-order valence-electron chi connectivity index (χ3n) is 4.22. The van der Waals surface area contributed by atoms with Gasteiger partial charge in [0.05, 0.1) is 29.3 Å². The summed E-state index contributed by atoms with van der Waals surface area (Å²) in [5, 5.41) is 0. The van der Waals surface area contributed by atoms with Gasteiger partial charge in [0, 0.05) is 31.8 Å². The van der Waals surface area contributed by atoms with Crippen molar-refractivity contribution in [1.82, 2.24) is 19.1 Å². The second-order valence-corrected chi connectivity index (χ2v) is 5.94. The zero-order valence-corrected chi connectivity index (χ0v) is 14.9. The zero-order chi connectivity index (χ0) is 20.6. The number of hydrogen-bond acceptors (Lipinski definition) is 3. The van der Waals surface area contributed by atoms with Crippen LogP contribution in [0.2, 0.25) is 0 Å². The summed E-state index contributed by atoms with van der Waals surface area (Å²) in [7, 11) is 3.30. The molecular weight excluding hydrogens is 388 g/mol. The maximum absolute atomic E-state index is 13.6. The van der Waals surface area contributed by atoms with Gasteiger partial charge in [-0.3, -0.25) is 4.79 Å². The molecule has 29 heavy (non-hydrogen) atoms. The third-order valence-corrected chi connectivity index (χ3v) is 4.22. The first-order valence-corrected chi connectivity index (χ1v) is 7.95. The third kappa shape index (κ3) is 3.63. The molecule has 0 aliphatic heterocycles. The lowest BCUT2D eigenvalue weighted by Gasteiger charge is -2.01. The minimum absolute atomic E-state index is 0. The maximum Gasteiger partial charge on any atom is 0.164 e. The summed E-state index contributed by atoms with van der Waals surface area (Å²) in [5.41, 5.74) is 0.239. The minimum atomic E-state index is -0.907. The summed E-state index contributed by atoms with van der Waals surface area (Å²) in [6, 6.07) is 2.34. The molecule has 0 unspecified atom stereocenters. The monoisotopic (exact) mass is 406 g/mol. The molecule has 4 aromatic rings. The van der Waals surface area contributed by atoms with E-state index >= 15 is 0 Å². The van der Waals surface area contributed by atoms with Crippen LogP contribution in [0.25, 0.3) is 28.1 Å². The molecular formula is C20H18F4N4O. The van der Waals surface area contributed by atoms with Gasteiger partial charge in [0.1, 0.15) is 22.7 Å². The molecule has 0 saturated heterocycles. The van der Waals surface area contributed by atoms with Crippen LogP contribution in [0.15, 0.2) is 31.4 Å². The number of aldehydes is 1. The van der Waals surface area contributed by atoms with Crippen LogP contribution >= 0.6 is 0 Å². The van der Waals surface area contributed by atoms with Crippen LogP contribution in [0.1, 0.15) is 23.3 Å². The molecule has 0 N–H and O–H groups in total. The summed E-state index contributed by atoms with van der Waals surface area (Å²) in [5.74, 6) is -3.05. The van der Waals surface area contributed by atoms with E-state index in [1.165, 1.54) is 23.3 Å². The Labute approximate surface area is 163 Å². The van der Waals surface area contributed by atoms with Gasteiger partial charge < -0.3 is 9.13 Å². The van der Waals surface area contributed by atoms with Crippen molar-refractivity contribution < 1.29 is 22.4 Å².